The summed E-state index contributed by atoms with van der Waals surface area (Å²) in [6.45, 7) is 3.66. The van der Waals surface area contributed by atoms with Crippen molar-refractivity contribution in [2.24, 2.45) is 0 Å². The van der Waals surface area contributed by atoms with Crippen LogP contribution in [-0.4, -0.2) is 20.7 Å². The summed E-state index contributed by atoms with van der Waals surface area (Å²) in [7, 11) is 0. The van der Waals surface area contributed by atoms with E-state index in [2.05, 4.69) is 15.4 Å². The molecule has 128 valence electrons. The molecule has 0 radical (unpaired) electrons. The molecule has 0 bridgehead atoms. The lowest BCUT2D eigenvalue weighted by Gasteiger charge is -2.24. The third-order valence-corrected chi connectivity index (χ3v) is 4.68. The van der Waals surface area contributed by atoms with Gasteiger partial charge in [0.1, 0.15) is 11.5 Å². The zero-order valence-electron chi connectivity index (χ0n) is 14.3. The van der Waals surface area contributed by atoms with E-state index in [0.717, 1.165) is 42.0 Å². The normalized spacial score (nSPS) is 16.5. The molecule has 0 aliphatic heterocycles. The lowest BCUT2D eigenvalue weighted by molar-refractivity contribution is 0.0931. The molecular weight excluding hydrogens is 316 g/mol. The van der Waals surface area contributed by atoms with Gasteiger partial charge in [-0.2, -0.15) is 5.10 Å². The summed E-state index contributed by atoms with van der Waals surface area (Å²) in [5.74, 6) is 1.31. The topological polar surface area (TPSA) is 73.0 Å². The third-order valence-electron chi connectivity index (χ3n) is 4.68. The summed E-state index contributed by atoms with van der Waals surface area (Å²) < 4.78 is 7.42. The first kappa shape index (κ1) is 15.6. The standard InChI is InChI=1S/C19H20N4O2/c1-12-10-15(13(2)25-12)19(24)22-17-4-3-5-18-16(17)11-21-23(18)14-6-8-20-9-7-14/h6-11,17H,3-5H2,1-2H3,(H,22,24). The Hall–Kier alpha value is -2.89. The summed E-state index contributed by atoms with van der Waals surface area (Å²) in [6, 6.07) is 5.64. The summed E-state index contributed by atoms with van der Waals surface area (Å²) >= 11 is 0. The molecule has 6 nitrogen and oxygen atoms in total. The Kier molecular flexibility index (Phi) is 3.87. The van der Waals surface area contributed by atoms with Crippen molar-refractivity contribution in [1.29, 1.82) is 0 Å². The molecule has 6 heteroatoms. The number of hydrogen-bond acceptors (Lipinski definition) is 4. The van der Waals surface area contributed by atoms with E-state index in [1.54, 1.807) is 18.5 Å². The van der Waals surface area contributed by atoms with Crippen molar-refractivity contribution in [2.75, 3.05) is 0 Å². The number of fused-ring (bicyclic) bond motifs is 1. The first-order valence-corrected chi connectivity index (χ1v) is 8.48. The number of hydrogen-bond donors (Lipinski definition) is 1. The summed E-state index contributed by atoms with van der Waals surface area (Å²) in [5, 5.41) is 7.68. The number of carbonyl (C=O) groups is 1. The highest BCUT2D eigenvalue weighted by Crippen LogP contribution is 2.31. The molecule has 3 aromatic rings. The first-order chi connectivity index (χ1) is 12.1. The highest BCUT2D eigenvalue weighted by Gasteiger charge is 2.27. The van der Waals surface area contributed by atoms with Gasteiger partial charge in [-0.25, -0.2) is 4.68 Å². The van der Waals surface area contributed by atoms with Crippen LogP contribution in [0, 0.1) is 13.8 Å². The highest BCUT2D eigenvalue weighted by atomic mass is 16.3. The van der Waals surface area contributed by atoms with Gasteiger partial charge in [-0.15, -0.1) is 0 Å². The van der Waals surface area contributed by atoms with Gasteiger partial charge in [0.25, 0.3) is 5.91 Å². The average molecular weight is 336 g/mol. The molecule has 25 heavy (non-hydrogen) atoms. The second kappa shape index (κ2) is 6.20. The second-order valence-corrected chi connectivity index (χ2v) is 6.41. The molecule has 1 unspecified atom stereocenters. The van der Waals surface area contributed by atoms with Crippen LogP contribution in [0.2, 0.25) is 0 Å². The van der Waals surface area contributed by atoms with Crippen molar-refractivity contribution < 1.29 is 9.21 Å². The zero-order valence-corrected chi connectivity index (χ0v) is 14.3. The molecule has 1 N–H and O–H groups in total. The monoisotopic (exact) mass is 336 g/mol. The molecule has 0 fully saturated rings. The molecule has 4 rings (SSSR count). The minimum atomic E-state index is -0.0936. The van der Waals surface area contributed by atoms with Crippen LogP contribution < -0.4 is 5.32 Å². The SMILES string of the molecule is Cc1cc(C(=O)NC2CCCc3c2cnn3-c2ccncc2)c(C)o1. The van der Waals surface area contributed by atoms with Crippen LogP contribution in [0.3, 0.4) is 0 Å². The maximum absolute atomic E-state index is 12.6. The van der Waals surface area contributed by atoms with Crippen molar-refractivity contribution in [1.82, 2.24) is 20.1 Å². The number of carbonyl (C=O) groups excluding carboxylic acids is 1. The van der Waals surface area contributed by atoms with E-state index in [4.69, 9.17) is 4.42 Å². The van der Waals surface area contributed by atoms with Gasteiger partial charge in [-0.3, -0.25) is 9.78 Å². The van der Waals surface area contributed by atoms with E-state index in [1.165, 1.54) is 0 Å². The number of rotatable bonds is 3. The molecule has 1 aliphatic rings. The molecule has 1 amide bonds. The quantitative estimate of drug-likeness (QED) is 0.796. The van der Waals surface area contributed by atoms with Crippen molar-refractivity contribution in [3.63, 3.8) is 0 Å². The van der Waals surface area contributed by atoms with E-state index < -0.39 is 0 Å². The van der Waals surface area contributed by atoms with Gasteiger partial charge >= 0.3 is 0 Å². The first-order valence-electron chi connectivity index (χ1n) is 8.48. The lowest BCUT2D eigenvalue weighted by atomic mass is 9.92. The fourth-order valence-corrected chi connectivity index (χ4v) is 3.51. The lowest BCUT2D eigenvalue weighted by Crippen LogP contribution is -2.31. The van der Waals surface area contributed by atoms with Gasteiger partial charge in [-0.05, 0) is 51.3 Å². The Morgan fingerprint density at radius 1 is 1.32 bits per heavy atom. The predicted molar refractivity (Wildman–Crippen MR) is 92.7 cm³/mol. The Bertz CT molecular complexity index is 911. The molecule has 1 atom stereocenters. The number of nitrogens with one attached hydrogen (secondary N) is 1. The maximum atomic E-state index is 12.6. The molecule has 3 aromatic heterocycles. The van der Waals surface area contributed by atoms with Crippen LogP contribution in [0.15, 0.2) is 41.2 Å². The van der Waals surface area contributed by atoms with E-state index in [0.29, 0.717) is 11.3 Å². The van der Waals surface area contributed by atoms with Gasteiger partial charge in [-0.1, -0.05) is 0 Å². The number of nitrogens with zero attached hydrogens (tertiary/aromatic N) is 3. The Morgan fingerprint density at radius 2 is 2.12 bits per heavy atom. The van der Waals surface area contributed by atoms with Gasteiger partial charge in [0.2, 0.25) is 0 Å². The summed E-state index contributed by atoms with van der Waals surface area (Å²) in [6.07, 6.45) is 8.26. The third kappa shape index (κ3) is 2.84. The van der Waals surface area contributed by atoms with Crippen LogP contribution in [0.25, 0.3) is 5.69 Å². The van der Waals surface area contributed by atoms with E-state index in [9.17, 15) is 4.79 Å². The largest absolute Gasteiger partial charge is 0.466 e. The van der Waals surface area contributed by atoms with Crippen LogP contribution in [-0.2, 0) is 6.42 Å². The fourth-order valence-electron chi connectivity index (χ4n) is 3.51. The fraction of sp³-hybridized carbons (Fsp3) is 0.316. The Balaban J connectivity index is 1.61. The predicted octanol–water partition coefficient (Wildman–Crippen LogP) is 3.28. The molecule has 0 spiro atoms. The molecule has 0 aromatic carbocycles. The van der Waals surface area contributed by atoms with Gasteiger partial charge in [0.15, 0.2) is 0 Å². The number of amides is 1. The van der Waals surface area contributed by atoms with Crippen molar-refractivity contribution >= 4 is 5.91 Å². The van der Waals surface area contributed by atoms with Crippen LogP contribution in [0.5, 0.6) is 0 Å². The molecule has 1 aliphatic carbocycles. The van der Waals surface area contributed by atoms with E-state index >= 15 is 0 Å². The number of aromatic nitrogens is 3. The maximum Gasteiger partial charge on any atom is 0.255 e. The second-order valence-electron chi connectivity index (χ2n) is 6.41. The minimum absolute atomic E-state index is 0.0264. The molecule has 0 saturated carbocycles. The number of aryl methyl sites for hydroxylation is 2. The smallest absolute Gasteiger partial charge is 0.255 e. The van der Waals surface area contributed by atoms with Crippen LogP contribution in [0.1, 0.15) is 52.0 Å². The highest BCUT2D eigenvalue weighted by molar-refractivity contribution is 5.95. The van der Waals surface area contributed by atoms with E-state index in [1.807, 2.05) is 36.9 Å². The number of furan rings is 1. The minimum Gasteiger partial charge on any atom is -0.466 e. The van der Waals surface area contributed by atoms with Crippen molar-refractivity contribution in [3.8, 4) is 5.69 Å². The average Bonchev–Trinajstić information content (AvgIpc) is 3.19. The van der Waals surface area contributed by atoms with Gasteiger partial charge < -0.3 is 9.73 Å². The molecule has 3 heterocycles. The van der Waals surface area contributed by atoms with Crippen molar-refractivity contribution in [2.45, 2.75) is 39.2 Å². The zero-order chi connectivity index (χ0) is 17.4. The molecular formula is C19H20N4O2. The van der Waals surface area contributed by atoms with Crippen LogP contribution >= 0.6 is 0 Å². The van der Waals surface area contributed by atoms with Gasteiger partial charge in [0, 0.05) is 23.7 Å². The summed E-state index contributed by atoms with van der Waals surface area (Å²) in [5.41, 5.74) is 3.84. The Labute approximate surface area is 145 Å². The Morgan fingerprint density at radius 3 is 2.84 bits per heavy atom. The van der Waals surface area contributed by atoms with Gasteiger partial charge in [0.05, 0.1) is 23.5 Å². The van der Waals surface area contributed by atoms with Crippen LogP contribution in [0.4, 0.5) is 0 Å². The van der Waals surface area contributed by atoms with E-state index in [-0.39, 0.29) is 11.9 Å². The number of pyridine rings is 1. The van der Waals surface area contributed by atoms with Crippen molar-refractivity contribution in [3.05, 3.63) is 65.1 Å². The molecule has 0 saturated heterocycles. The summed E-state index contributed by atoms with van der Waals surface area (Å²) in [4.78, 5) is 16.7.